The highest BCUT2D eigenvalue weighted by Gasteiger charge is 2.14. The molecule has 0 fully saturated rings. The molecule has 0 aromatic carbocycles. The molecule has 6 nitrogen and oxygen atoms in total. The molecule has 0 aliphatic carbocycles. The molecule has 1 heterocycles. The minimum atomic E-state index is -0.415. The number of aliphatic hydroxyl groups excluding tert-OH is 1. The summed E-state index contributed by atoms with van der Waals surface area (Å²) in [5.74, 6) is 0.486. The number of hydrogen-bond acceptors (Lipinski definition) is 5. The molecular formula is C13H22N4O2. The minimum Gasteiger partial charge on any atom is -0.393 e. The van der Waals surface area contributed by atoms with Gasteiger partial charge in [-0.15, -0.1) is 10.2 Å². The Bertz CT molecular complexity index is 392. The predicted molar refractivity (Wildman–Crippen MR) is 74.1 cm³/mol. The quantitative estimate of drug-likeness (QED) is 0.774. The number of aliphatic hydroxyl groups is 1. The summed E-state index contributed by atoms with van der Waals surface area (Å²) >= 11 is 0. The van der Waals surface area contributed by atoms with Crippen molar-refractivity contribution < 1.29 is 9.90 Å². The summed E-state index contributed by atoms with van der Waals surface area (Å²) in [5.41, 5.74) is 0.315. The van der Waals surface area contributed by atoms with E-state index in [1.54, 1.807) is 26.1 Å². The lowest BCUT2D eigenvalue weighted by molar-refractivity contribution is 0.0762. The molecule has 0 saturated heterocycles. The number of nitrogens with one attached hydrogen (secondary N) is 1. The van der Waals surface area contributed by atoms with Crippen LogP contribution in [-0.4, -0.2) is 52.4 Å². The van der Waals surface area contributed by atoms with Gasteiger partial charge in [0.15, 0.2) is 5.69 Å². The number of hydrogen-bond donors (Lipinski definition) is 2. The average Bonchev–Trinajstić information content (AvgIpc) is 2.42. The van der Waals surface area contributed by atoms with Crippen molar-refractivity contribution in [3.05, 3.63) is 17.8 Å². The molecule has 19 heavy (non-hydrogen) atoms. The summed E-state index contributed by atoms with van der Waals surface area (Å²) in [6.45, 7) is 5.09. The number of nitrogens with zero attached hydrogens (tertiary/aromatic N) is 3. The molecule has 1 rings (SSSR count). The second kappa shape index (κ2) is 7.68. The van der Waals surface area contributed by atoms with E-state index in [-0.39, 0.29) is 5.91 Å². The maximum Gasteiger partial charge on any atom is 0.274 e. The van der Waals surface area contributed by atoms with Gasteiger partial charge >= 0.3 is 0 Å². The molecule has 6 heteroatoms. The van der Waals surface area contributed by atoms with Crippen LogP contribution in [0.15, 0.2) is 12.1 Å². The number of carbonyl (C=O) groups is 1. The van der Waals surface area contributed by atoms with E-state index in [1.807, 2.05) is 0 Å². The van der Waals surface area contributed by atoms with E-state index in [4.69, 9.17) is 0 Å². The van der Waals surface area contributed by atoms with E-state index in [1.165, 1.54) is 4.90 Å². The highest BCUT2D eigenvalue weighted by molar-refractivity contribution is 5.92. The summed E-state index contributed by atoms with van der Waals surface area (Å²) in [7, 11) is 1.69. The standard InChI is InChI=1S/C13H22N4O2/c1-4-8-14-12-6-5-11(15-16-12)13(19)17(3)9-7-10(2)18/h5-6,10,18H,4,7-9H2,1-3H3,(H,14,16). The van der Waals surface area contributed by atoms with E-state index in [0.29, 0.717) is 24.5 Å². The fourth-order valence-electron chi connectivity index (χ4n) is 1.47. The van der Waals surface area contributed by atoms with E-state index in [0.717, 1.165) is 13.0 Å². The SMILES string of the molecule is CCCNc1ccc(C(=O)N(C)CCC(C)O)nn1. The second-order valence-electron chi connectivity index (χ2n) is 4.59. The maximum atomic E-state index is 12.0. The van der Waals surface area contributed by atoms with Crippen LogP contribution >= 0.6 is 0 Å². The molecule has 0 aliphatic rings. The molecule has 1 atom stereocenters. The third-order valence-corrected chi connectivity index (χ3v) is 2.67. The number of amides is 1. The fraction of sp³-hybridized carbons (Fsp3) is 0.615. The van der Waals surface area contributed by atoms with Gasteiger partial charge in [0.05, 0.1) is 6.10 Å². The van der Waals surface area contributed by atoms with Crippen LogP contribution in [0.1, 0.15) is 37.2 Å². The molecular weight excluding hydrogens is 244 g/mol. The van der Waals surface area contributed by atoms with Crippen LogP contribution in [0, 0.1) is 0 Å². The zero-order valence-electron chi connectivity index (χ0n) is 11.8. The summed E-state index contributed by atoms with van der Waals surface area (Å²) in [4.78, 5) is 13.5. The summed E-state index contributed by atoms with van der Waals surface area (Å²) in [6, 6.07) is 3.41. The molecule has 0 radical (unpaired) electrons. The van der Waals surface area contributed by atoms with E-state index >= 15 is 0 Å². The van der Waals surface area contributed by atoms with Crippen LogP contribution in [0.5, 0.6) is 0 Å². The van der Waals surface area contributed by atoms with Crippen molar-refractivity contribution in [2.24, 2.45) is 0 Å². The van der Waals surface area contributed by atoms with Crippen LogP contribution in [0.2, 0.25) is 0 Å². The van der Waals surface area contributed by atoms with Gasteiger partial charge in [0.25, 0.3) is 5.91 Å². The van der Waals surface area contributed by atoms with Crippen LogP contribution < -0.4 is 5.32 Å². The molecule has 106 valence electrons. The Morgan fingerprint density at radius 1 is 1.47 bits per heavy atom. The van der Waals surface area contributed by atoms with Gasteiger partial charge in [-0.1, -0.05) is 6.92 Å². The lowest BCUT2D eigenvalue weighted by Gasteiger charge is -2.17. The first-order valence-electron chi connectivity index (χ1n) is 6.55. The fourth-order valence-corrected chi connectivity index (χ4v) is 1.47. The summed E-state index contributed by atoms with van der Waals surface area (Å²) in [6.07, 6.45) is 1.14. The predicted octanol–water partition coefficient (Wildman–Crippen LogP) is 1.14. The average molecular weight is 266 g/mol. The topological polar surface area (TPSA) is 78.4 Å². The summed E-state index contributed by atoms with van der Waals surface area (Å²) in [5, 5.41) is 20.2. The van der Waals surface area contributed by atoms with Crippen LogP contribution in [0.3, 0.4) is 0 Å². The van der Waals surface area contributed by atoms with Gasteiger partial charge in [-0.05, 0) is 31.9 Å². The second-order valence-corrected chi connectivity index (χ2v) is 4.59. The van der Waals surface area contributed by atoms with Gasteiger partial charge in [0, 0.05) is 20.1 Å². The number of aromatic nitrogens is 2. The van der Waals surface area contributed by atoms with Gasteiger partial charge in [-0.25, -0.2) is 0 Å². The van der Waals surface area contributed by atoms with E-state index < -0.39 is 6.10 Å². The molecule has 0 aliphatic heterocycles. The Morgan fingerprint density at radius 2 is 2.21 bits per heavy atom. The Labute approximate surface area is 113 Å². The molecule has 0 spiro atoms. The van der Waals surface area contributed by atoms with E-state index in [2.05, 4.69) is 22.4 Å². The van der Waals surface area contributed by atoms with Crippen molar-refractivity contribution in [1.82, 2.24) is 15.1 Å². The van der Waals surface area contributed by atoms with Crippen LogP contribution in [-0.2, 0) is 0 Å². The first-order chi connectivity index (χ1) is 9.04. The van der Waals surface area contributed by atoms with Crippen molar-refractivity contribution in [3.63, 3.8) is 0 Å². The third-order valence-electron chi connectivity index (χ3n) is 2.67. The van der Waals surface area contributed by atoms with Crippen molar-refractivity contribution in [1.29, 1.82) is 0 Å². The zero-order valence-corrected chi connectivity index (χ0v) is 11.8. The van der Waals surface area contributed by atoms with Gasteiger partial charge in [0.1, 0.15) is 5.82 Å². The molecule has 1 aromatic rings. The molecule has 0 bridgehead atoms. The van der Waals surface area contributed by atoms with Crippen molar-refractivity contribution in [2.75, 3.05) is 25.5 Å². The Hall–Kier alpha value is -1.69. The normalized spacial score (nSPS) is 12.0. The molecule has 1 unspecified atom stereocenters. The van der Waals surface area contributed by atoms with Gasteiger partial charge in [-0.3, -0.25) is 4.79 Å². The minimum absolute atomic E-state index is 0.185. The molecule has 1 aromatic heterocycles. The third kappa shape index (κ3) is 5.21. The van der Waals surface area contributed by atoms with E-state index in [9.17, 15) is 9.90 Å². The largest absolute Gasteiger partial charge is 0.393 e. The Kier molecular flexibility index (Phi) is 6.21. The monoisotopic (exact) mass is 266 g/mol. The Morgan fingerprint density at radius 3 is 2.74 bits per heavy atom. The Balaban J connectivity index is 2.56. The van der Waals surface area contributed by atoms with Gasteiger partial charge in [0.2, 0.25) is 0 Å². The van der Waals surface area contributed by atoms with Gasteiger partial charge < -0.3 is 15.3 Å². The first kappa shape index (κ1) is 15.4. The highest BCUT2D eigenvalue weighted by Crippen LogP contribution is 2.05. The zero-order chi connectivity index (χ0) is 14.3. The van der Waals surface area contributed by atoms with Crippen LogP contribution in [0.4, 0.5) is 5.82 Å². The lowest BCUT2D eigenvalue weighted by Crippen LogP contribution is -2.30. The molecule has 0 saturated carbocycles. The smallest absolute Gasteiger partial charge is 0.274 e. The van der Waals surface area contributed by atoms with Gasteiger partial charge in [-0.2, -0.15) is 0 Å². The van der Waals surface area contributed by atoms with Crippen molar-refractivity contribution in [3.8, 4) is 0 Å². The maximum absolute atomic E-state index is 12.0. The lowest BCUT2D eigenvalue weighted by atomic mass is 10.2. The number of anilines is 1. The highest BCUT2D eigenvalue weighted by atomic mass is 16.3. The van der Waals surface area contributed by atoms with Crippen LogP contribution in [0.25, 0.3) is 0 Å². The molecule has 2 N–H and O–H groups in total. The van der Waals surface area contributed by atoms with Crippen molar-refractivity contribution in [2.45, 2.75) is 32.8 Å². The van der Waals surface area contributed by atoms with Crippen molar-refractivity contribution >= 4 is 11.7 Å². The number of rotatable bonds is 7. The first-order valence-corrected chi connectivity index (χ1v) is 6.55. The number of carbonyl (C=O) groups excluding carboxylic acids is 1. The summed E-state index contributed by atoms with van der Waals surface area (Å²) < 4.78 is 0. The molecule has 1 amide bonds.